The minimum atomic E-state index is 0.0210. The molecule has 1 aliphatic rings. The predicted molar refractivity (Wildman–Crippen MR) is 105 cm³/mol. The highest BCUT2D eigenvalue weighted by Crippen LogP contribution is 2.29. The van der Waals surface area contributed by atoms with Gasteiger partial charge < -0.3 is 9.88 Å². The van der Waals surface area contributed by atoms with E-state index in [1.165, 1.54) is 22.9 Å². The second-order valence-corrected chi connectivity index (χ2v) is 7.55. The van der Waals surface area contributed by atoms with Crippen molar-refractivity contribution in [3.63, 3.8) is 0 Å². The molecule has 1 aliphatic carbocycles. The number of hydrogen-bond acceptors (Lipinski definition) is 5. The Morgan fingerprint density at radius 2 is 2.15 bits per heavy atom. The molecule has 0 unspecified atom stereocenters. The topological polar surface area (TPSA) is 72.7 Å². The molecule has 0 radical (unpaired) electrons. The summed E-state index contributed by atoms with van der Waals surface area (Å²) in [5.74, 6) is 1.08. The van der Waals surface area contributed by atoms with Crippen molar-refractivity contribution in [1.29, 1.82) is 0 Å². The first kappa shape index (κ1) is 17.7. The molecule has 27 heavy (non-hydrogen) atoms. The van der Waals surface area contributed by atoms with Gasteiger partial charge in [-0.1, -0.05) is 36.0 Å². The number of nitrogens with zero attached hydrogens (tertiary/aromatic N) is 4. The maximum atomic E-state index is 12.5. The molecule has 7 heteroatoms. The van der Waals surface area contributed by atoms with E-state index in [1.807, 2.05) is 29.8 Å². The molecule has 2 heterocycles. The number of thioether (sulfide) groups is 1. The molecule has 0 saturated heterocycles. The maximum absolute atomic E-state index is 12.5. The van der Waals surface area contributed by atoms with Crippen molar-refractivity contribution in [2.75, 3.05) is 5.75 Å². The van der Waals surface area contributed by atoms with Gasteiger partial charge in [0.05, 0.1) is 11.8 Å². The zero-order valence-electron chi connectivity index (χ0n) is 15.1. The third-order valence-corrected chi connectivity index (χ3v) is 5.81. The maximum Gasteiger partial charge on any atom is 0.230 e. The highest BCUT2D eigenvalue weighted by atomic mass is 32.2. The largest absolute Gasteiger partial charge is 0.349 e. The van der Waals surface area contributed by atoms with Gasteiger partial charge in [-0.3, -0.25) is 9.78 Å². The number of hydrogen-bond donors (Lipinski definition) is 1. The summed E-state index contributed by atoms with van der Waals surface area (Å²) in [4.78, 5) is 16.6. The molecule has 3 aromatic rings. The van der Waals surface area contributed by atoms with E-state index < -0.39 is 0 Å². The highest BCUT2D eigenvalue weighted by molar-refractivity contribution is 7.99. The molecular weight excluding hydrogens is 358 g/mol. The summed E-state index contributed by atoms with van der Waals surface area (Å²) in [5.41, 5.74) is 3.50. The van der Waals surface area contributed by atoms with Crippen LogP contribution in [0.4, 0.5) is 0 Å². The van der Waals surface area contributed by atoms with Crippen LogP contribution in [0, 0.1) is 0 Å². The molecule has 138 valence electrons. The van der Waals surface area contributed by atoms with Gasteiger partial charge in [0, 0.05) is 25.0 Å². The zero-order chi connectivity index (χ0) is 18.6. The second-order valence-electron chi connectivity index (χ2n) is 6.61. The Labute approximate surface area is 162 Å². The lowest BCUT2D eigenvalue weighted by Gasteiger charge is -2.26. The van der Waals surface area contributed by atoms with Gasteiger partial charge in [0.25, 0.3) is 0 Å². The van der Waals surface area contributed by atoms with Crippen molar-refractivity contribution >= 4 is 17.7 Å². The monoisotopic (exact) mass is 379 g/mol. The highest BCUT2D eigenvalue weighted by Gasteiger charge is 2.21. The van der Waals surface area contributed by atoms with Gasteiger partial charge in [-0.15, -0.1) is 10.2 Å². The number of pyridine rings is 1. The first-order valence-corrected chi connectivity index (χ1v) is 10.0. The number of aromatic nitrogens is 4. The normalized spacial score (nSPS) is 16.0. The summed E-state index contributed by atoms with van der Waals surface area (Å²) >= 11 is 1.40. The van der Waals surface area contributed by atoms with Gasteiger partial charge in [0.1, 0.15) is 0 Å². The van der Waals surface area contributed by atoms with Crippen molar-refractivity contribution in [3.05, 3.63) is 59.9 Å². The third kappa shape index (κ3) is 3.88. The van der Waals surface area contributed by atoms with Crippen molar-refractivity contribution < 1.29 is 4.79 Å². The van der Waals surface area contributed by atoms with Crippen LogP contribution in [0.1, 0.15) is 30.0 Å². The van der Waals surface area contributed by atoms with Crippen LogP contribution in [-0.4, -0.2) is 31.4 Å². The molecule has 0 aliphatic heterocycles. The number of carbonyl (C=O) groups is 1. The molecule has 1 atom stereocenters. The zero-order valence-corrected chi connectivity index (χ0v) is 15.9. The van der Waals surface area contributed by atoms with E-state index in [0.29, 0.717) is 10.9 Å². The number of nitrogens with one attached hydrogen (secondary N) is 1. The molecule has 0 bridgehead atoms. The molecule has 1 amide bonds. The van der Waals surface area contributed by atoms with Crippen molar-refractivity contribution in [2.24, 2.45) is 7.05 Å². The first-order chi connectivity index (χ1) is 13.2. The summed E-state index contributed by atoms with van der Waals surface area (Å²) in [5, 5.41) is 12.3. The van der Waals surface area contributed by atoms with Gasteiger partial charge in [-0.25, -0.2) is 0 Å². The average Bonchev–Trinajstić information content (AvgIpc) is 3.08. The van der Waals surface area contributed by atoms with E-state index in [0.717, 1.165) is 30.7 Å². The van der Waals surface area contributed by atoms with Crippen LogP contribution in [0.15, 0.2) is 53.9 Å². The quantitative estimate of drug-likeness (QED) is 0.690. The Kier molecular flexibility index (Phi) is 5.20. The molecule has 2 aromatic heterocycles. The minimum Gasteiger partial charge on any atom is -0.349 e. The Morgan fingerprint density at radius 3 is 3.00 bits per heavy atom. The van der Waals surface area contributed by atoms with Crippen LogP contribution in [0.25, 0.3) is 11.4 Å². The van der Waals surface area contributed by atoms with Crippen molar-refractivity contribution in [2.45, 2.75) is 30.5 Å². The van der Waals surface area contributed by atoms with Crippen LogP contribution in [0.5, 0.6) is 0 Å². The summed E-state index contributed by atoms with van der Waals surface area (Å²) in [7, 11) is 1.90. The molecule has 6 nitrogen and oxygen atoms in total. The molecule has 4 rings (SSSR count). The Hall–Kier alpha value is -2.67. The van der Waals surface area contributed by atoms with E-state index in [-0.39, 0.29) is 11.9 Å². The Morgan fingerprint density at radius 1 is 1.26 bits per heavy atom. The number of aryl methyl sites for hydroxylation is 1. The summed E-state index contributed by atoms with van der Waals surface area (Å²) < 4.78 is 1.89. The van der Waals surface area contributed by atoms with Gasteiger partial charge in [0.15, 0.2) is 11.0 Å². The molecule has 0 fully saturated rings. The van der Waals surface area contributed by atoms with E-state index >= 15 is 0 Å². The van der Waals surface area contributed by atoms with Gasteiger partial charge in [-0.05, 0) is 42.5 Å². The van der Waals surface area contributed by atoms with Gasteiger partial charge in [-0.2, -0.15) is 0 Å². The Bertz CT molecular complexity index is 941. The third-order valence-electron chi connectivity index (χ3n) is 4.79. The van der Waals surface area contributed by atoms with Crippen molar-refractivity contribution in [3.8, 4) is 11.4 Å². The van der Waals surface area contributed by atoms with Crippen LogP contribution < -0.4 is 5.32 Å². The summed E-state index contributed by atoms with van der Waals surface area (Å²) in [6, 6.07) is 12.3. The van der Waals surface area contributed by atoms with Crippen LogP contribution in [0.3, 0.4) is 0 Å². The fourth-order valence-corrected chi connectivity index (χ4v) is 4.18. The average molecular weight is 379 g/mol. The SMILES string of the molecule is Cn1c(SCC(=O)N[C@H]2CCCc3ccccc32)nnc1-c1cccnc1. The van der Waals surface area contributed by atoms with Gasteiger partial charge >= 0.3 is 0 Å². The summed E-state index contributed by atoms with van der Waals surface area (Å²) in [6.45, 7) is 0. The molecule has 1 aromatic carbocycles. The smallest absolute Gasteiger partial charge is 0.230 e. The molecule has 0 saturated carbocycles. The predicted octanol–water partition coefficient (Wildman–Crippen LogP) is 3.16. The Balaban J connectivity index is 1.39. The number of benzene rings is 1. The molecule has 0 spiro atoms. The lowest BCUT2D eigenvalue weighted by molar-refractivity contribution is -0.119. The number of carbonyl (C=O) groups excluding carboxylic acids is 1. The number of rotatable bonds is 5. The second kappa shape index (κ2) is 7.92. The summed E-state index contributed by atoms with van der Waals surface area (Å²) in [6.07, 6.45) is 6.66. The van der Waals surface area contributed by atoms with Crippen LogP contribution in [-0.2, 0) is 18.3 Å². The molecule has 1 N–H and O–H groups in total. The lowest BCUT2D eigenvalue weighted by atomic mass is 9.88. The van der Waals surface area contributed by atoms with Crippen LogP contribution in [0.2, 0.25) is 0 Å². The fraction of sp³-hybridized carbons (Fsp3) is 0.300. The minimum absolute atomic E-state index is 0.0210. The standard InChI is InChI=1S/C20H21N5OS/c1-25-19(15-8-5-11-21-12-15)23-24-20(25)27-13-18(26)22-17-10-4-7-14-6-2-3-9-16(14)17/h2-3,5-6,8-9,11-12,17H,4,7,10,13H2,1H3,(H,22,26)/t17-/m0/s1. The van der Waals surface area contributed by atoms with Gasteiger partial charge in [0.2, 0.25) is 5.91 Å². The lowest BCUT2D eigenvalue weighted by Crippen LogP contribution is -2.32. The number of fused-ring (bicyclic) bond motifs is 1. The van der Waals surface area contributed by atoms with E-state index in [4.69, 9.17) is 0 Å². The first-order valence-electron chi connectivity index (χ1n) is 9.02. The fourth-order valence-electron chi connectivity index (χ4n) is 3.46. The van der Waals surface area contributed by atoms with Crippen molar-refractivity contribution in [1.82, 2.24) is 25.1 Å². The van der Waals surface area contributed by atoms with Crippen LogP contribution >= 0.6 is 11.8 Å². The van der Waals surface area contributed by atoms with E-state index in [2.05, 4.69) is 38.7 Å². The van der Waals surface area contributed by atoms with E-state index in [9.17, 15) is 4.79 Å². The van der Waals surface area contributed by atoms with E-state index in [1.54, 1.807) is 12.4 Å². The molecular formula is C20H21N5OS. The number of amides is 1.